The zero-order chi connectivity index (χ0) is 12.3. The third kappa shape index (κ3) is 2.54. The second-order valence-electron chi connectivity index (χ2n) is 5.04. The molecule has 1 aromatic rings. The van der Waals surface area contributed by atoms with Crippen LogP contribution >= 0.6 is 0 Å². The van der Waals surface area contributed by atoms with Gasteiger partial charge in [-0.2, -0.15) is 0 Å². The fourth-order valence-corrected chi connectivity index (χ4v) is 2.85. The highest BCUT2D eigenvalue weighted by Crippen LogP contribution is 2.38. The molecule has 3 nitrogen and oxygen atoms in total. The first kappa shape index (κ1) is 12.6. The number of hydrogen-bond acceptors (Lipinski definition) is 3. The maximum atomic E-state index is 9.08. The molecule has 0 amide bonds. The van der Waals surface area contributed by atoms with Crippen molar-refractivity contribution in [3.05, 3.63) is 29.8 Å². The van der Waals surface area contributed by atoms with Gasteiger partial charge in [0.25, 0.3) is 0 Å². The van der Waals surface area contributed by atoms with Crippen LogP contribution in [0.15, 0.2) is 24.3 Å². The van der Waals surface area contributed by atoms with Crippen LogP contribution < -0.4 is 11.2 Å². The van der Waals surface area contributed by atoms with Crippen LogP contribution in [0.2, 0.25) is 0 Å². The molecular formula is C13H20BNO2. The zero-order valence-electron chi connectivity index (χ0n) is 10.1. The lowest BCUT2D eigenvalue weighted by Crippen LogP contribution is -2.38. The Bertz CT molecular complexity index is 358. The van der Waals surface area contributed by atoms with Crippen LogP contribution in [0.4, 0.5) is 0 Å². The van der Waals surface area contributed by atoms with Gasteiger partial charge in [0.1, 0.15) is 0 Å². The number of benzene rings is 1. The molecule has 4 heteroatoms. The van der Waals surface area contributed by atoms with E-state index in [1.165, 1.54) is 24.8 Å². The molecule has 1 aromatic carbocycles. The maximum absolute atomic E-state index is 9.08. The quantitative estimate of drug-likeness (QED) is 0.667. The fraction of sp³-hybridized carbons (Fsp3) is 0.538. The van der Waals surface area contributed by atoms with Gasteiger partial charge >= 0.3 is 7.12 Å². The van der Waals surface area contributed by atoms with Crippen LogP contribution in [0.25, 0.3) is 0 Å². The van der Waals surface area contributed by atoms with E-state index in [1.54, 1.807) is 12.1 Å². The lowest BCUT2D eigenvalue weighted by atomic mass is 9.68. The highest BCUT2D eigenvalue weighted by Gasteiger charge is 2.32. The van der Waals surface area contributed by atoms with Crippen LogP contribution in [0.1, 0.15) is 37.7 Å². The molecule has 0 spiro atoms. The molecule has 1 aliphatic rings. The van der Waals surface area contributed by atoms with Gasteiger partial charge in [0.15, 0.2) is 0 Å². The molecule has 0 radical (unpaired) electrons. The van der Waals surface area contributed by atoms with Gasteiger partial charge in [-0.15, -0.1) is 0 Å². The summed E-state index contributed by atoms with van der Waals surface area (Å²) in [5.41, 5.74) is 7.86. The first-order valence-electron chi connectivity index (χ1n) is 6.35. The Morgan fingerprint density at radius 2 is 1.65 bits per heavy atom. The third-order valence-corrected chi connectivity index (χ3v) is 4.02. The van der Waals surface area contributed by atoms with Gasteiger partial charge in [-0.05, 0) is 23.9 Å². The second kappa shape index (κ2) is 5.21. The van der Waals surface area contributed by atoms with E-state index in [1.807, 2.05) is 12.1 Å². The molecule has 0 bridgehead atoms. The van der Waals surface area contributed by atoms with Crippen molar-refractivity contribution in [3.63, 3.8) is 0 Å². The van der Waals surface area contributed by atoms with Gasteiger partial charge < -0.3 is 15.8 Å². The monoisotopic (exact) mass is 233 g/mol. The molecular weight excluding hydrogens is 213 g/mol. The molecule has 1 saturated carbocycles. The van der Waals surface area contributed by atoms with Gasteiger partial charge in [0.2, 0.25) is 0 Å². The van der Waals surface area contributed by atoms with Gasteiger partial charge in [-0.3, -0.25) is 0 Å². The van der Waals surface area contributed by atoms with E-state index in [9.17, 15) is 0 Å². The third-order valence-electron chi connectivity index (χ3n) is 4.02. The molecule has 0 aromatic heterocycles. The van der Waals surface area contributed by atoms with E-state index in [0.29, 0.717) is 12.0 Å². The maximum Gasteiger partial charge on any atom is 0.488 e. The van der Waals surface area contributed by atoms with E-state index < -0.39 is 7.12 Å². The van der Waals surface area contributed by atoms with Gasteiger partial charge in [-0.1, -0.05) is 43.5 Å². The van der Waals surface area contributed by atoms with Gasteiger partial charge in [0.05, 0.1) is 0 Å². The van der Waals surface area contributed by atoms with Crippen molar-refractivity contribution in [1.82, 2.24) is 0 Å². The highest BCUT2D eigenvalue weighted by atomic mass is 16.4. The Balaban J connectivity index is 2.24. The molecule has 0 atom stereocenters. The number of rotatable bonds is 3. The predicted molar refractivity (Wildman–Crippen MR) is 70.1 cm³/mol. The lowest BCUT2D eigenvalue weighted by Gasteiger charge is -2.37. The molecule has 1 aliphatic carbocycles. The largest absolute Gasteiger partial charge is 0.488 e. The minimum atomic E-state index is -1.38. The topological polar surface area (TPSA) is 66.5 Å². The van der Waals surface area contributed by atoms with E-state index in [0.717, 1.165) is 12.8 Å². The van der Waals surface area contributed by atoms with Gasteiger partial charge in [-0.25, -0.2) is 0 Å². The molecule has 1 fully saturated rings. The Morgan fingerprint density at radius 3 is 2.12 bits per heavy atom. The van der Waals surface area contributed by atoms with Crippen LogP contribution in [0, 0.1) is 0 Å². The van der Waals surface area contributed by atoms with Crippen molar-refractivity contribution in [3.8, 4) is 0 Å². The summed E-state index contributed by atoms with van der Waals surface area (Å²) < 4.78 is 0. The second-order valence-corrected chi connectivity index (χ2v) is 5.04. The smallest absolute Gasteiger partial charge is 0.423 e. The summed E-state index contributed by atoms with van der Waals surface area (Å²) in [6.45, 7) is 0.675. The average molecular weight is 233 g/mol. The lowest BCUT2D eigenvalue weighted by molar-refractivity contribution is 0.301. The van der Waals surface area contributed by atoms with Crippen LogP contribution in [0.5, 0.6) is 0 Å². The average Bonchev–Trinajstić information content (AvgIpc) is 2.39. The summed E-state index contributed by atoms with van der Waals surface area (Å²) in [4.78, 5) is 0. The van der Waals surface area contributed by atoms with E-state index in [4.69, 9.17) is 15.8 Å². The molecule has 0 aliphatic heterocycles. The molecule has 17 heavy (non-hydrogen) atoms. The standard InChI is InChI=1S/C13H20BNO2/c15-10-13(8-2-1-3-9-13)11-4-6-12(7-5-11)14(16)17/h4-7,16-17H,1-3,8-10,15H2. The SMILES string of the molecule is NCC1(c2ccc(B(O)O)cc2)CCCCC1. The van der Waals surface area contributed by atoms with Crippen molar-refractivity contribution in [1.29, 1.82) is 0 Å². The predicted octanol–water partition coefficient (Wildman–Crippen LogP) is 0.527. The summed E-state index contributed by atoms with van der Waals surface area (Å²) in [7, 11) is -1.38. The summed E-state index contributed by atoms with van der Waals surface area (Å²) in [5.74, 6) is 0. The fourth-order valence-electron chi connectivity index (χ4n) is 2.85. The van der Waals surface area contributed by atoms with E-state index in [-0.39, 0.29) is 5.41 Å². The molecule has 4 N–H and O–H groups in total. The van der Waals surface area contributed by atoms with Gasteiger partial charge in [0, 0.05) is 12.0 Å². The van der Waals surface area contributed by atoms with Crippen molar-refractivity contribution in [2.75, 3.05) is 6.54 Å². The van der Waals surface area contributed by atoms with Crippen LogP contribution in [0.3, 0.4) is 0 Å². The summed E-state index contributed by atoms with van der Waals surface area (Å²) >= 11 is 0. The van der Waals surface area contributed by atoms with Crippen molar-refractivity contribution in [2.24, 2.45) is 5.73 Å². The minimum absolute atomic E-state index is 0.108. The van der Waals surface area contributed by atoms with Crippen LogP contribution in [-0.4, -0.2) is 23.7 Å². The molecule has 0 saturated heterocycles. The first-order valence-corrected chi connectivity index (χ1v) is 6.35. The van der Waals surface area contributed by atoms with E-state index >= 15 is 0 Å². The highest BCUT2D eigenvalue weighted by molar-refractivity contribution is 6.58. The zero-order valence-corrected chi connectivity index (χ0v) is 10.1. The Morgan fingerprint density at radius 1 is 1.06 bits per heavy atom. The number of hydrogen-bond donors (Lipinski definition) is 3. The Kier molecular flexibility index (Phi) is 3.87. The van der Waals surface area contributed by atoms with Crippen LogP contribution in [-0.2, 0) is 5.41 Å². The molecule has 2 rings (SSSR count). The molecule has 92 valence electrons. The van der Waals surface area contributed by atoms with Crippen molar-refractivity contribution >= 4 is 12.6 Å². The Labute approximate surface area is 103 Å². The summed E-state index contributed by atoms with van der Waals surface area (Å²) in [5, 5.41) is 18.2. The summed E-state index contributed by atoms with van der Waals surface area (Å²) in [6, 6.07) is 7.55. The normalized spacial score (nSPS) is 19.0. The number of nitrogens with two attached hydrogens (primary N) is 1. The summed E-state index contributed by atoms with van der Waals surface area (Å²) in [6.07, 6.45) is 6.06. The minimum Gasteiger partial charge on any atom is -0.423 e. The van der Waals surface area contributed by atoms with E-state index in [2.05, 4.69) is 0 Å². The van der Waals surface area contributed by atoms with Crippen molar-refractivity contribution < 1.29 is 10.0 Å². The first-order chi connectivity index (χ1) is 8.18. The Hall–Kier alpha value is -0.835. The molecule has 0 unspecified atom stereocenters. The molecule has 0 heterocycles. The van der Waals surface area contributed by atoms with Crippen molar-refractivity contribution in [2.45, 2.75) is 37.5 Å².